The number of halogens is 2. The first-order valence-corrected chi connectivity index (χ1v) is 4.58. The Balaban J connectivity index is 2.69. The number of carbonyl (C=O) groups is 1. The van der Waals surface area contributed by atoms with Crippen molar-refractivity contribution >= 4 is 5.97 Å². The number of rotatable bonds is 0. The number of carbonyl (C=O) groups excluding carboxylic acids is 1. The van der Waals surface area contributed by atoms with E-state index in [-0.39, 0.29) is 12.2 Å². The van der Waals surface area contributed by atoms with Crippen LogP contribution in [0.4, 0.5) is 8.78 Å². The maximum absolute atomic E-state index is 13.5. The van der Waals surface area contributed by atoms with Gasteiger partial charge in [0.2, 0.25) is 0 Å². The smallest absolute Gasteiger partial charge is 0.382 e. The first-order valence-electron chi connectivity index (χ1n) is 4.58. The molecule has 1 aliphatic rings. The van der Waals surface area contributed by atoms with Crippen molar-refractivity contribution in [1.29, 1.82) is 0 Å². The average Bonchev–Trinajstić information content (AvgIpc) is 2.10. The number of ether oxygens (including phenoxy) is 1. The molecule has 0 bridgehead atoms. The van der Waals surface area contributed by atoms with Crippen molar-refractivity contribution in [2.75, 3.05) is 0 Å². The summed E-state index contributed by atoms with van der Waals surface area (Å²) in [6, 6.07) is 3.27. The van der Waals surface area contributed by atoms with E-state index in [0.29, 0.717) is 11.1 Å². The van der Waals surface area contributed by atoms with Crippen LogP contribution in [0.25, 0.3) is 0 Å². The lowest BCUT2D eigenvalue weighted by Gasteiger charge is -2.26. The number of hydrogen-bond donors (Lipinski definition) is 0. The van der Waals surface area contributed by atoms with Crippen LogP contribution in [0, 0.1) is 13.8 Å². The summed E-state index contributed by atoms with van der Waals surface area (Å²) in [5, 5.41) is 0. The van der Waals surface area contributed by atoms with Gasteiger partial charge < -0.3 is 4.74 Å². The van der Waals surface area contributed by atoms with Crippen LogP contribution in [0.1, 0.15) is 22.3 Å². The third kappa shape index (κ3) is 1.40. The molecule has 1 heterocycles. The summed E-state index contributed by atoms with van der Waals surface area (Å²) in [5.74, 6) is -4.97. The quantitative estimate of drug-likeness (QED) is 0.617. The minimum absolute atomic E-state index is 0.0632. The third-order valence-electron chi connectivity index (χ3n) is 2.49. The van der Waals surface area contributed by atoms with E-state index in [1.54, 1.807) is 19.1 Å². The third-order valence-corrected chi connectivity index (χ3v) is 2.49. The van der Waals surface area contributed by atoms with E-state index in [0.717, 1.165) is 5.56 Å². The summed E-state index contributed by atoms with van der Waals surface area (Å²) < 4.78 is 31.5. The minimum Gasteiger partial charge on any atom is -0.456 e. The van der Waals surface area contributed by atoms with Crippen molar-refractivity contribution in [3.05, 3.63) is 34.4 Å². The number of aryl methyl sites for hydroxylation is 2. The Morgan fingerprint density at radius 1 is 1.33 bits per heavy atom. The van der Waals surface area contributed by atoms with Crippen LogP contribution in [0.3, 0.4) is 0 Å². The normalized spacial score (nSPS) is 18.3. The van der Waals surface area contributed by atoms with Crippen LogP contribution >= 0.6 is 0 Å². The molecule has 0 saturated heterocycles. The van der Waals surface area contributed by atoms with Crippen LogP contribution in [0.15, 0.2) is 12.1 Å². The summed E-state index contributed by atoms with van der Waals surface area (Å²) in [6.45, 7) is 3.34. The zero-order valence-corrected chi connectivity index (χ0v) is 8.43. The molecule has 0 spiro atoms. The molecule has 2 nitrogen and oxygen atoms in total. The number of esters is 1. The van der Waals surface area contributed by atoms with E-state index in [2.05, 4.69) is 4.74 Å². The van der Waals surface area contributed by atoms with Crippen molar-refractivity contribution in [1.82, 2.24) is 0 Å². The van der Waals surface area contributed by atoms with Crippen LogP contribution in [0.5, 0.6) is 0 Å². The zero-order chi connectivity index (χ0) is 11.2. The molecule has 0 saturated carbocycles. The first kappa shape index (κ1) is 10.1. The lowest BCUT2D eigenvalue weighted by molar-refractivity contribution is -0.179. The monoisotopic (exact) mass is 212 g/mol. The highest BCUT2D eigenvalue weighted by atomic mass is 19.3. The Labute approximate surface area is 85.9 Å². The minimum atomic E-state index is -3.51. The maximum atomic E-state index is 13.5. The molecule has 1 aromatic rings. The summed E-state index contributed by atoms with van der Waals surface area (Å²) in [6.07, 6.45) is 0. The number of cyclic esters (lactones) is 1. The SMILES string of the molecule is Cc1cc(C)c2c(c1)COC(=O)C2(F)F. The van der Waals surface area contributed by atoms with E-state index in [9.17, 15) is 13.6 Å². The van der Waals surface area contributed by atoms with Crippen molar-refractivity contribution in [3.63, 3.8) is 0 Å². The van der Waals surface area contributed by atoms with Crippen molar-refractivity contribution in [3.8, 4) is 0 Å². The highest BCUT2D eigenvalue weighted by Crippen LogP contribution is 2.38. The van der Waals surface area contributed by atoms with Gasteiger partial charge in [-0.2, -0.15) is 8.78 Å². The Morgan fingerprint density at radius 3 is 2.67 bits per heavy atom. The number of hydrogen-bond acceptors (Lipinski definition) is 2. The Bertz CT molecular complexity index is 438. The molecule has 2 rings (SSSR count). The molecular formula is C11H10F2O2. The molecule has 0 aliphatic carbocycles. The molecule has 1 aromatic carbocycles. The van der Waals surface area contributed by atoms with E-state index in [1.807, 2.05) is 6.92 Å². The average molecular weight is 212 g/mol. The molecule has 0 amide bonds. The van der Waals surface area contributed by atoms with Gasteiger partial charge in [0.25, 0.3) is 0 Å². The molecule has 15 heavy (non-hydrogen) atoms. The van der Waals surface area contributed by atoms with Crippen molar-refractivity contribution < 1.29 is 18.3 Å². The molecule has 0 aromatic heterocycles. The lowest BCUT2D eigenvalue weighted by atomic mass is 9.93. The Morgan fingerprint density at radius 2 is 2.00 bits per heavy atom. The highest BCUT2D eigenvalue weighted by Gasteiger charge is 2.48. The maximum Gasteiger partial charge on any atom is 0.382 e. The highest BCUT2D eigenvalue weighted by molar-refractivity contribution is 5.82. The standard InChI is InChI=1S/C11H10F2O2/c1-6-3-7(2)9-8(4-6)5-15-10(14)11(9,12)13/h3-4H,5H2,1-2H3. The van der Waals surface area contributed by atoms with Gasteiger partial charge in [-0.05, 0) is 25.0 Å². The molecule has 0 radical (unpaired) electrons. The molecule has 0 fully saturated rings. The molecule has 0 atom stereocenters. The fourth-order valence-corrected chi connectivity index (χ4v) is 1.95. The Hall–Kier alpha value is -1.45. The summed E-state index contributed by atoms with van der Waals surface area (Å²) in [7, 11) is 0. The number of fused-ring (bicyclic) bond motifs is 1. The van der Waals surface area contributed by atoms with Crippen LogP contribution in [-0.4, -0.2) is 5.97 Å². The first-order chi connectivity index (χ1) is 6.93. The fraction of sp³-hybridized carbons (Fsp3) is 0.364. The number of alkyl halides is 2. The second-order valence-electron chi connectivity index (χ2n) is 3.77. The van der Waals surface area contributed by atoms with Crippen molar-refractivity contribution in [2.24, 2.45) is 0 Å². The van der Waals surface area contributed by atoms with Gasteiger partial charge in [0, 0.05) is 5.56 Å². The predicted octanol–water partition coefficient (Wildman–Crippen LogP) is 2.45. The van der Waals surface area contributed by atoms with E-state index in [4.69, 9.17) is 0 Å². The van der Waals surface area contributed by atoms with Gasteiger partial charge in [-0.3, -0.25) is 0 Å². The van der Waals surface area contributed by atoms with E-state index >= 15 is 0 Å². The topological polar surface area (TPSA) is 26.3 Å². The fourth-order valence-electron chi connectivity index (χ4n) is 1.95. The molecule has 80 valence electrons. The van der Waals surface area contributed by atoms with Crippen LogP contribution in [-0.2, 0) is 22.1 Å². The van der Waals surface area contributed by atoms with Gasteiger partial charge in [0.15, 0.2) is 0 Å². The van der Waals surface area contributed by atoms with Crippen LogP contribution in [0.2, 0.25) is 0 Å². The summed E-state index contributed by atoms with van der Waals surface area (Å²) in [5.41, 5.74) is 1.54. The van der Waals surface area contributed by atoms with Gasteiger partial charge in [0.1, 0.15) is 6.61 Å². The second kappa shape index (κ2) is 3.02. The summed E-state index contributed by atoms with van der Waals surface area (Å²) in [4.78, 5) is 10.9. The van der Waals surface area contributed by atoms with Gasteiger partial charge in [0.05, 0.1) is 0 Å². The molecule has 4 heteroatoms. The lowest BCUT2D eigenvalue weighted by Crippen LogP contribution is -2.34. The van der Waals surface area contributed by atoms with E-state index in [1.165, 1.54) is 0 Å². The van der Waals surface area contributed by atoms with Crippen molar-refractivity contribution in [2.45, 2.75) is 26.4 Å². The van der Waals surface area contributed by atoms with E-state index < -0.39 is 11.9 Å². The van der Waals surface area contributed by atoms with Gasteiger partial charge in [-0.25, -0.2) is 4.79 Å². The molecule has 1 aliphatic heterocycles. The second-order valence-corrected chi connectivity index (χ2v) is 3.77. The van der Waals surface area contributed by atoms with Gasteiger partial charge in [-0.1, -0.05) is 17.7 Å². The molecular weight excluding hydrogens is 202 g/mol. The summed E-state index contributed by atoms with van der Waals surface area (Å²) >= 11 is 0. The largest absolute Gasteiger partial charge is 0.456 e. The van der Waals surface area contributed by atoms with Gasteiger partial charge >= 0.3 is 11.9 Å². The molecule has 0 N–H and O–H groups in total. The number of benzene rings is 1. The van der Waals surface area contributed by atoms with Crippen LogP contribution < -0.4 is 0 Å². The zero-order valence-electron chi connectivity index (χ0n) is 8.43. The predicted molar refractivity (Wildman–Crippen MR) is 49.6 cm³/mol. The van der Waals surface area contributed by atoms with Gasteiger partial charge in [-0.15, -0.1) is 0 Å². The Kier molecular flexibility index (Phi) is 2.03. The molecule has 0 unspecified atom stereocenters.